The molecule has 1 aromatic carbocycles. The molecular weight excluding hydrogens is 405 g/mol. The van der Waals surface area contributed by atoms with Crippen LogP contribution in [0.1, 0.15) is 37.0 Å². The fourth-order valence-corrected chi connectivity index (χ4v) is 4.16. The average Bonchev–Trinajstić information content (AvgIpc) is 3.16. The predicted octanol–water partition coefficient (Wildman–Crippen LogP) is 3.70. The summed E-state index contributed by atoms with van der Waals surface area (Å²) < 4.78 is 39.9. The molecule has 0 radical (unpaired) electrons. The van der Waals surface area contributed by atoms with Crippen molar-refractivity contribution in [2.45, 2.75) is 51.6 Å². The zero-order valence-electron chi connectivity index (χ0n) is 17.9. The molecule has 1 aliphatic heterocycles. The Bertz CT molecular complexity index is 855. The number of likely N-dealkylation sites (tertiary alicyclic amines) is 1. The number of carbonyl (C=O) groups is 1. The predicted molar refractivity (Wildman–Crippen MR) is 113 cm³/mol. The van der Waals surface area contributed by atoms with Gasteiger partial charge in [-0.15, -0.1) is 0 Å². The van der Waals surface area contributed by atoms with Gasteiger partial charge in [0.1, 0.15) is 0 Å². The number of nitrogens with one attached hydrogen (secondary N) is 1. The molecule has 1 aromatic heterocycles. The molecule has 0 saturated carbocycles. The molecule has 1 fully saturated rings. The van der Waals surface area contributed by atoms with E-state index in [4.69, 9.17) is 0 Å². The maximum absolute atomic E-state index is 13.3. The van der Waals surface area contributed by atoms with Gasteiger partial charge < -0.3 is 10.2 Å². The molecule has 0 spiro atoms. The van der Waals surface area contributed by atoms with Crippen LogP contribution in [0, 0.1) is 0 Å². The molecule has 0 bridgehead atoms. The second-order valence-corrected chi connectivity index (χ2v) is 7.78. The van der Waals surface area contributed by atoms with Gasteiger partial charge in [0, 0.05) is 51.2 Å². The summed E-state index contributed by atoms with van der Waals surface area (Å²) in [5.74, 6) is 0.0686. The van der Waals surface area contributed by atoms with E-state index in [1.807, 2.05) is 30.9 Å². The molecule has 5 nitrogen and oxygen atoms in total. The SMILES string of the molecule is CCN(CC)C(=O)[C@@H]1C[C@@H](NCc2ccccc2C(F)(F)F)CN1Cc1ccncc1. The number of carbonyl (C=O) groups excluding carboxylic acids is 1. The van der Waals surface area contributed by atoms with Crippen molar-refractivity contribution in [3.63, 3.8) is 0 Å². The second kappa shape index (κ2) is 10.2. The zero-order valence-corrected chi connectivity index (χ0v) is 17.9. The van der Waals surface area contributed by atoms with Crippen molar-refractivity contribution in [1.29, 1.82) is 0 Å². The first-order valence-corrected chi connectivity index (χ1v) is 10.6. The third-order valence-electron chi connectivity index (χ3n) is 5.80. The Morgan fingerprint density at radius 2 is 1.84 bits per heavy atom. The van der Waals surface area contributed by atoms with Gasteiger partial charge in [0.15, 0.2) is 0 Å². The maximum atomic E-state index is 13.3. The highest BCUT2D eigenvalue weighted by Crippen LogP contribution is 2.32. The molecule has 2 atom stereocenters. The van der Waals surface area contributed by atoms with Gasteiger partial charge in [-0.05, 0) is 49.6 Å². The summed E-state index contributed by atoms with van der Waals surface area (Å²) in [6, 6.07) is 9.07. The van der Waals surface area contributed by atoms with Crippen LogP contribution < -0.4 is 5.32 Å². The van der Waals surface area contributed by atoms with E-state index < -0.39 is 11.7 Å². The molecule has 3 rings (SSSR count). The number of hydrogen-bond acceptors (Lipinski definition) is 4. The van der Waals surface area contributed by atoms with Crippen LogP contribution in [-0.4, -0.2) is 52.4 Å². The number of pyridine rings is 1. The van der Waals surface area contributed by atoms with Crippen LogP contribution in [0.4, 0.5) is 13.2 Å². The fraction of sp³-hybridized carbons (Fsp3) is 0.478. The molecule has 1 amide bonds. The number of aromatic nitrogens is 1. The lowest BCUT2D eigenvalue weighted by molar-refractivity contribution is -0.138. The van der Waals surface area contributed by atoms with Crippen molar-refractivity contribution >= 4 is 5.91 Å². The quantitative estimate of drug-likeness (QED) is 0.688. The van der Waals surface area contributed by atoms with Crippen LogP contribution in [0.15, 0.2) is 48.8 Å². The highest BCUT2D eigenvalue weighted by Gasteiger charge is 2.38. The van der Waals surface area contributed by atoms with Gasteiger partial charge in [-0.25, -0.2) is 0 Å². The molecule has 1 N–H and O–H groups in total. The Balaban J connectivity index is 1.73. The zero-order chi connectivity index (χ0) is 22.4. The van der Waals surface area contributed by atoms with E-state index in [-0.39, 0.29) is 30.1 Å². The minimum Gasteiger partial charge on any atom is -0.342 e. The van der Waals surface area contributed by atoms with E-state index in [0.29, 0.717) is 32.6 Å². The molecule has 31 heavy (non-hydrogen) atoms. The van der Waals surface area contributed by atoms with Gasteiger partial charge in [0.2, 0.25) is 5.91 Å². The van der Waals surface area contributed by atoms with Crippen molar-refractivity contribution in [1.82, 2.24) is 20.1 Å². The van der Waals surface area contributed by atoms with Gasteiger partial charge in [0.25, 0.3) is 0 Å². The van der Waals surface area contributed by atoms with Crippen LogP contribution in [0.2, 0.25) is 0 Å². The minimum absolute atomic E-state index is 0.0686. The molecule has 1 aliphatic rings. The first-order valence-electron chi connectivity index (χ1n) is 10.6. The van der Waals surface area contributed by atoms with E-state index in [1.54, 1.807) is 18.5 Å². The van der Waals surface area contributed by atoms with Gasteiger partial charge in [0.05, 0.1) is 11.6 Å². The number of rotatable bonds is 8. The van der Waals surface area contributed by atoms with Gasteiger partial charge in [-0.3, -0.25) is 14.7 Å². The molecule has 1 saturated heterocycles. The summed E-state index contributed by atoms with van der Waals surface area (Å²) in [4.78, 5) is 21.1. The maximum Gasteiger partial charge on any atom is 0.416 e. The number of hydrogen-bond donors (Lipinski definition) is 1. The lowest BCUT2D eigenvalue weighted by atomic mass is 10.1. The van der Waals surface area contributed by atoms with Crippen molar-refractivity contribution in [2.75, 3.05) is 19.6 Å². The number of likely N-dealkylation sites (N-methyl/N-ethyl adjacent to an activating group) is 1. The van der Waals surface area contributed by atoms with Crippen molar-refractivity contribution < 1.29 is 18.0 Å². The van der Waals surface area contributed by atoms with Gasteiger partial charge in [-0.1, -0.05) is 18.2 Å². The summed E-state index contributed by atoms with van der Waals surface area (Å²) in [5, 5.41) is 3.26. The Morgan fingerprint density at radius 1 is 1.16 bits per heavy atom. The number of amides is 1. The van der Waals surface area contributed by atoms with Gasteiger partial charge >= 0.3 is 6.18 Å². The van der Waals surface area contributed by atoms with Crippen molar-refractivity contribution in [3.8, 4) is 0 Å². The van der Waals surface area contributed by atoms with Crippen LogP contribution in [0.5, 0.6) is 0 Å². The third kappa shape index (κ3) is 5.83. The highest BCUT2D eigenvalue weighted by atomic mass is 19.4. The lowest BCUT2D eigenvalue weighted by Crippen LogP contribution is -2.45. The molecule has 168 valence electrons. The Morgan fingerprint density at radius 3 is 2.48 bits per heavy atom. The topological polar surface area (TPSA) is 48.5 Å². The van der Waals surface area contributed by atoms with Gasteiger partial charge in [-0.2, -0.15) is 13.2 Å². The standard InChI is InChI=1S/C23H29F3N4O/c1-3-29(4-2)22(31)21-13-19(16-30(21)15-17-9-11-27-12-10-17)28-14-18-7-5-6-8-20(18)23(24,25)26/h5-12,19,21,28H,3-4,13-16H2,1-2H3/t19-,21+/m1/s1. The van der Waals surface area contributed by atoms with Crippen molar-refractivity contribution in [3.05, 3.63) is 65.5 Å². The van der Waals surface area contributed by atoms with E-state index in [0.717, 1.165) is 11.6 Å². The van der Waals surface area contributed by atoms with E-state index in [9.17, 15) is 18.0 Å². The summed E-state index contributed by atoms with van der Waals surface area (Å²) in [7, 11) is 0. The Kier molecular flexibility index (Phi) is 7.67. The summed E-state index contributed by atoms with van der Waals surface area (Å²) in [5.41, 5.74) is 0.648. The molecule has 2 aromatic rings. The Labute approximate surface area is 181 Å². The van der Waals surface area contributed by atoms with Crippen LogP contribution in [0.25, 0.3) is 0 Å². The summed E-state index contributed by atoms with van der Waals surface area (Å²) in [6.07, 6.45) is -0.385. The van der Waals surface area contributed by atoms with Crippen LogP contribution in [0.3, 0.4) is 0 Å². The normalized spacial score (nSPS) is 19.5. The fourth-order valence-electron chi connectivity index (χ4n) is 4.16. The van der Waals surface area contributed by atoms with E-state index >= 15 is 0 Å². The first-order chi connectivity index (χ1) is 14.8. The van der Waals surface area contributed by atoms with Crippen LogP contribution in [-0.2, 0) is 24.1 Å². The average molecular weight is 435 g/mol. The Hall–Kier alpha value is -2.45. The summed E-state index contributed by atoms with van der Waals surface area (Å²) >= 11 is 0. The van der Waals surface area contributed by atoms with Crippen LogP contribution >= 0.6 is 0 Å². The highest BCUT2D eigenvalue weighted by molar-refractivity contribution is 5.82. The number of halogens is 3. The van der Waals surface area contributed by atoms with E-state index in [2.05, 4.69) is 15.2 Å². The first kappa shape index (κ1) is 23.2. The van der Waals surface area contributed by atoms with Crippen molar-refractivity contribution in [2.24, 2.45) is 0 Å². The second-order valence-electron chi connectivity index (χ2n) is 7.78. The molecule has 0 unspecified atom stereocenters. The lowest BCUT2D eigenvalue weighted by Gasteiger charge is -2.28. The molecule has 0 aliphatic carbocycles. The number of alkyl halides is 3. The summed E-state index contributed by atoms with van der Waals surface area (Å²) in [6.45, 7) is 6.46. The monoisotopic (exact) mass is 434 g/mol. The largest absolute Gasteiger partial charge is 0.416 e. The minimum atomic E-state index is -4.39. The number of nitrogens with zero attached hydrogens (tertiary/aromatic N) is 3. The number of benzene rings is 1. The molecular formula is C23H29F3N4O. The van der Waals surface area contributed by atoms with E-state index in [1.165, 1.54) is 12.1 Å². The third-order valence-corrected chi connectivity index (χ3v) is 5.80. The molecule has 8 heteroatoms. The smallest absolute Gasteiger partial charge is 0.342 e. The molecule has 2 heterocycles.